The van der Waals surface area contributed by atoms with Gasteiger partial charge in [-0.3, -0.25) is 4.79 Å². The van der Waals surface area contributed by atoms with E-state index in [9.17, 15) is 4.79 Å². The van der Waals surface area contributed by atoms with Gasteiger partial charge in [0.05, 0.1) is 0 Å². The Morgan fingerprint density at radius 3 is 2.22 bits per heavy atom. The second-order valence-electron chi connectivity index (χ2n) is 8.31. The zero-order chi connectivity index (χ0) is 18.5. The third-order valence-corrected chi connectivity index (χ3v) is 6.18. The molecule has 5 nitrogen and oxygen atoms in total. The van der Waals surface area contributed by atoms with Crippen molar-refractivity contribution in [1.82, 2.24) is 14.9 Å². The molecule has 3 aliphatic rings. The van der Waals surface area contributed by atoms with E-state index in [4.69, 9.17) is 0 Å². The van der Waals surface area contributed by atoms with Gasteiger partial charge in [0.2, 0.25) is 5.95 Å². The molecule has 5 rings (SSSR count). The second kappa shape index (κ2) is 6.32. The number of nitrogens with zero attached hydrogens (tertiary/aromatic N) is 4. The molecule has 5 heteroatoms. The van der Waals surface area contributed by atoms with E-state index in [1.807, 2.05) is 32.0 Å². The van der Waals surface area contributed by atoms with Crippen molar-refractivity contribution >= 4 is 11.9 Å². The van der Waals surface area contributed by atoms with Gasteiger partial charge in [-0.05, 0) is 63.1 Å². The highest BCUT2D eigenvalue weighted by Gasteiger charge is 2.43. The van der Waals surface area contributed by atoms with Gasteiger partial charge in [-0.1, -0.05) is 18.2 Å². The maximum Gasteiger partial charge on any atom is 0.254 e. The molecule has 2 aliphatic heterocycles. The number of aryl methyl sites for hydroxylation is 2. The number of fused-ring (bicyclic) bond motifs is 2. The summed E-state index contributed by atoms with van der Waals surface area (Å²) in [7, 11) is 0. The first-order chi connectivity index (χ1) is 13.1. The zero-order valence-electron chi connectivity index (χ0n) is 16.1. The largest absolute Gasteiger partial charge is 0.335 e. The van der Waals surface area contributed by atoms with E-state index >= 15 is 0 Å². The van der Waals surface area contributed by atoms with E-state index in [0.29, 0.717) is 18.0 Å². The van der Waals surface area contributed by atoms with Gasteiger partial charge in [0.25, 0.3) is 5.91 Å². The third-order valence-electron chi connectivity index (χ3n) is 6.18. The Morgan fingerprint density at radius 1 is 0.963 bits per heavy atom. The van der Waals surface area contributed by atoms with Gasteiger partial charge < -0.3 is 9.80 Å². The summed E-state index contributed by atoms with van der Waals surface area (Å²) >= 11 is 0. The van der Waals surface area contributed by atoms with Crippen LogP contribution >= 0.6 is 0 Å². The Hall–Kier alpha value is -2.43. The van der Waals surface area contributed by atoms with Gasteiger partial charge in [0, 0.05) is 42.1 Å². The van der Waals surface area contributed by atoms with Crippen LogP contribution in [0.2, 0.25) is 0 Å². The van der Waals surface area contributed by atoms with Gasteiger partial charge in [0.15, 0.2) is 0 Å². The lowest BCUT2D eigenvalue weighted by Crippen LogP contribution is -2.56. The standard InChI is InChI=1S/C22H26N4O/c1-14-11-15(2)24-22(23-14)26-17-9-10-18(26)13-25(12-17)21(27)20-6-4-3-5-19(20)16-7-8-16/h3-6,11,16-18H,7-10,12-13H2,1-2H3. The molecule has 2 unspecified atom stereocenters. The first-order valence-corrected chi connectivity index (χ1v) is 10.1. The molecule has 27 heavy (non-hydrogen) atoms. The summed E-state index contributed by atoms with van der Waals surface area (Å²) in [5.41, 5.74) is 4.17. The Labute approximate surface area is 160 Å². The predicted octanol–water partition coefficient (Wildman–Crippen LogP) is 3.46. The fourth-order valence-corrected chi connectivity index (χ4v) is 4.83. The van der Waals surface area contributed by atoms with Crippen molar-refractivity contribution in [3.8, 4) is 0 Å². The predicted molar refractivity (Wildman–Crippen MR) is 105 cm³/mol. The van der Waals surface area contributed by atoms with Crippen LogP contribution in [0.25, 0.3) is 0 Å². The molecule has 3 heterocycles. The number of amides is 1. The zero-order valence-corrected chi connectivity index (χ0v) is 16.1. The number of carbonyl (C=O) groups excluding carboxylic acids is 1. The lowest BCUT2D eigenvalue weighted by molar-refractivity contribution is 0.0715. The highest BCUT2D eigenvalue weighted by Crippen LogP contribution is 2.42. The number of aromatic nitrogens is 2. The number of anilines is 1. The molecular formula is C22H26N4O. The van der Waals surface area contributed by atoms with Crippen LogP contribution < -0.4 is 4.90 Å². The molecule has 2 saturated heterocycles. The van der Waals surface area contributed by atoms with Crippen LogP contribution in [0.15, 0.2) is 30.3 Å². The fourth-order valence-electron chi connectivity index (χ4n) is 4.83. The Morgan fingerprint density at radius 2 is 1.59 bits per heavy atom. The summed E-state index contributed by atoms with van der Waals surface area (Å²) < 4.78 is 0. The van der Waals surface area contributed by atoms with Gasteiger partial charge in [-0.15, -0.1) is 0 Å². The summed E-state index contributed by atoms with van der Waals surface area (Å²) in [6.07, 6.45) is 4.64. The minimum Gasteiger partial charge on any atom is -0.335 e. The summed E-state index contributed by atoms with van der Waals surface area (Å²) in [5, 5.41) is 0. The average Bonchev–Trinajstić information content (AvgIpc) is 3.45. The van der Waals surface area contributed by atoms with E-state index in [1.54, 1.807) is 0 Å². The number of hydrogen-bond donors (Lipinski definition) is 0. The molecule has 2 atom stereocenters. The van der Waals surface area contributed by atoms with Crippen LogP contribution in [-0.4, -0.2) is 45.9 Å². The molecule has 140 valence electrons. The fraction of sp³-hybridized carbons (Fsp3) is 0.500. The van der Waals surface area contributed by atoms with Gasteiger partial charge in [-0.2, -0.15) is 0 Å². The molecule has 2 bridgehead atoms. The molecule has 0 radical (unpaired) electrons. The Balaban J connectivity index is 1.39. The first-order valence-electron chi connectivity index (χ1n) is 10.1. The van der Waals surface area contributed by atoms with Gasteiger partial charge >= 0.3 is 0 Å². The third kappa shape index (κ3) is 2.99. The normalized spacial score (nSPS) is 24.4. The van der Waals surface area contributed by atoms with Crippen molar-refractivity contribution in [3.05, 3.63) is 52.8 Å². The first kappa shape index (κ1) is 16.7. The number of piperazine rings is 1. The lowest BCUT2D eigenvalue weighted by atomic mass is 10.0. The molecule has 0 spiro atoms. The van der Waals surface area contributed by atoms with Crippen molar-refractivity contribution in [2.24, 2.45) is 0 Å². The quantitative estimate of drug-likeness (QED) is 0.839. The molecule has 1 saturated carbocycles. The number of likely N-dealkylation sites (tertiary alicyclic amines) is 1. The van der Waals surface area contributed by atoms with Crippen LogP contribution in [0.1, 0.15) is 58.9 Å². The SMILES string of the molecule is Cc1cc(C)nc(N2C3CCC2CN(C(=O)c2ccccc2C2CC2)C3)n1. The minimum atomic E-state index is 0.204. The number of rotatable bonds is 3. The summed E-state index contributed by atoms with van der Waals surface area (Å²) in [4.78, 5) is 27.1. The molecule has 1 aromatic heterocycles. The van der Waals surface area contributed by atoms with Crippen LogP contribution in [0.3, 0.4) is 0 Å². The second-order valence-corrected chi connectivity index (χ2v) is 8.31. The van der Waals surface area contributed by atoms with Crippen LogP contribution in [0.4, 0.5) is 5.95 Å². The van der Waals surface area contributed by atoms with E-state index in [0.717, 1.165) is 48.8 Å². The maximum atomic E-state index is 13.3. The van der Waals surface area contributed by atoms with Crippen molar-refractivity contribution in [1.29, 1.82) is 0 Å². The Bertz CT molecular complexity index is 857. The molecule has 0 N–H and O–H groups in total. The monoisotopic (exact) mass is 362 g/mol. The molecule has 3 fully saturated rings. The van der Waals surface area contributed by atoms with Gasteiger partial charge in [-0.25, -0.2) is 9.97 Å². The summed E-state index contributed by atoms with van der Waals surface area (Å²) in [5.74, 6) is 1.63. The topological polar surface area (TPSA) is 49.3 Å². The van der Waals surface area contributed by atoms with Crippen molar-refractivity contribution < 1.29 is 4.79 Å². The maximum absolute atomic E-state index is 13.3. The number of benzene rings is 1. The van der Waals surface area contributed by atoms with Gasteiger partial charge in [0.1, 0.15) is 0 Å². The molecular weight excluding hydrogens is 336 g/mol. The smallest absolute Gasteiger partial charge is 0.254 e. The lowest BCUT2D eigenvalue weighted by Gasteiger charge is -2.41. The van der Waals surface area contributed by atoms with E-state index in [2.05, 4.69) is 31.9 Å². The highest BCUT2D eigenvalue weighted by atomic mass is 16.2. The van der Waals surface area contributed by atoms with Crippen LogP contribution in [-0.2, 0) is 0 Å². The highest BCUT2D eigenvalue weighted by molar-refractivity contribution is 5.96. The minimum absolute atomic E-state index is 0.204. The molecule has 2 aromatic rings. The molecule has 1 aromatic carbocycles. The average molecular weight is 362 g/mol. The summed E-state index contributed by atoms with van der Waals surface area (Å²) in [6.45, 7) is 5.58. The molecule has 1 aliphatic carbocycles. The number of hydrogen-bond acceptors (Lipinski definition) is 4. The van der Waals surface area contributed by atoms with E-state index in [1.165, 1.54) is 18.4 Å². The van der Waals surface area contributed by atoms with E-state index in [-0.39, 0.29) is 5.91 Å². The van der Waals surface area contributed by atoms with Crippen molar-refractivity contribution in [3.63, 3.8) is 0 Å². The van der Waals surface area contributed by atoms with Crippen LogP contribution in [0, 0.1) is 13.8 Å². The van der Waals surface area contributed by atoms with Crippen molar-refractivity contribution in [2.75, 3.05) is 18.0 Å². The number of carbonyl (C=O) groups is 1. The summed E-state index contributed by atoms with van der Waals surface area (Å²) in [6, 6.07) is 10.9. The molecule has 1 amide bonds. The van der Waals surface area contributed by atoms with Crippen LogP contribution in [0.5, 0.6) is 0 Å². The van der Waals surface area contributed by atoms with E-state index < -0.39 is 0 Å². The van der Waals surface area contributed by atoms with Crippen molar-refractivity contribution in [2.45, 2.75) is 57.5 Å². The Kier molecular flexibility index (Phi) is 3.92.